The van der Waals surface area contributed by atoms with Crippen LogP contribution in [0.25, 0.3) is 22.5 Å². The molecule has 4 aromatic rings. The molecule has 11 heteroatoms. The average molecular weight is 513 g/mol. The molecular formula is C23H24N6O2S3. The highest BCUT2D eigenvalue weighted by atomic mass is 32.2. The number of aromatic nitrogens is 4. The summed E-state index contributed by atoms with van der Waals surface area (Å²) in [7, 11) is -3.93. The maximum absolute atomic E-state index is 13.8. The normalized spacial score (nSPS) is 16.7. The predicted molar refractivity (Wildman–Crippen MR) is 136 cm³/mol. The van der Waals surface area contributed by atoms with Crippen molar-refractivity contribution in [3.8, 4) is 22.5 Å². The van der Waals surface area contributed by atoms with Gasteiger partial charge in [0, 0.05) is 28.4 Å². The number of nitrogens with one attached hydrogen (secondary N) is 1. The van der Waals surface area contributed by atoms with Crippen LogP contribution in [0.1, 0.15) is 31.2 Å². The lowest BCUT2D eigenvalue weighted by molar-refractivity contribution is 0.335. The Morgan fingerprint density at radius 2 is 1.79 bits per heavy atom. The second-order valence-electron chi connectivity index (χ2n) is 8.24. The molecule has 1 atom stereocenters. The summed E-state index contributed by atoms with van der Waals surface area (Å²) in [4.78, 5) is 2.58. The molecule has 0 radical (unpaired) electrons. The van der Waals surface area contributed by atoms with Crippen molar-refractivity contribution in [1.82, 2.24) is 24.1 Å². The molecule has 1 fully saturated rings. The van der Waals surface area contributed by atoms with Crippen molar-refractivity contribution in [3.63, 3.8) is 0 Å². The van der Waals surface area contributed by atoms with Crippen LogP contribution in [-0.4, -0.2) is 52.1 Å². The lowest BCUT2D eigenvalue weighted by atomic mass is 9.97. The lowest BCUT2D eigenvalue weighted by Gasteiger charge is -2.19. The molecule has 5 rings (SSSR count). The van der Waals surface area contributed by atoms with Crippen LogP contribution >= 0.6 is 23.1 Å². The molecule has 8 nitrogen and oxygen atoms in total. The summed E-state index contributed by atoms with van der Waals surface area (Å²) < 4.78 is 38.3. The first-order valence-corrected chi connectivity index (χ1v) is 14.2. The SMILES string of the molecule is CCCN1CC[C@@H](c2ccccc2NS(=O)(=O)c2cccc(-c3csnn3)c2-c2csnn2)C1. The van der Waals surface area contributed by atoms with Gasteiger partial charge in [0.2, 0.25) is 0 Å². The summed E-state index contributed by atoms with van der Waals surface area (Å²) in [5, 5.41) is 11.9. The Balaban J connectivity index is 1.54. The van der Waals surface area contributed by atoms with Gasteiger partial charge in [-0.25, -0.2) is 8.42 Å². The molecular weight excluding hydrogens is 488 g/mol. The Morgan fingerprint density at radius 3 is 2.53 bits per heavy atom. The summed E-state index contributed by atoms with van der Waals surface area (Å²) >= 11 is 2.38. The molecule has 0 saturated carbocycles. The van der Waals surface area contributed by atoms with Gasteiger partial charge in [0.1, 0.15) is 11.4 Å². The van der Waals surface area contributed by atoms with Crippen molar-refractivity contribution in [2.45, 2.75) is 30.6 Å². The van der Waals surface area contributed by atoms with Gasteiger partial charge >= 0.3 is 0 Å². The molecule has 1 aliphatic heterocycles. The fourth-order valence-corrected chi connectivity index (χ4v) is 6.77. The number of rotatable bonds is 8. The summed E-state index contributed by atoms with van der Waals surface area (Å²) in [5.74, 6) is 0.292. The minimum absolute atomic E-state index is 0.138. The summed E-state index contributed by atoms with van der Waals surface area (Å²) in [6.45, 7) is 5.22. The number of hydrogen-bond acceptors (Lipinski definition) is 9. The highest BCUT2D eigenvalue weighted by Crippen LogP contribution is 2.38. The molecule has 34 heavy (non-hydrogen) atoms. The molecule has 3 heterocycles. The van der Waals surface area contributed by atoms with E-state index in [-0.39, 0.29) is 4.90 Å². The second kappa shape index (κ2) is 9.87. The maximum Gasteiger partial charge on any atom is 0.262 e. The van der Waals surface area contributed by atoms with E-state index in [4.69, 9.17) is 0 Å². The number of benzene rings is 2. The van der Waals surface area contributed by atoms with Crippen LogP contribution in [-0.2, 0) is 10.0 Å². The second-order valence-corrected chi connectivity index (χ2v) is 11.1. The average Bonchev–Trinajstić information content (AvgIpc) is 3.62. The van der Waals surface area contributed by atoms with E-state index in [9.17, 15) is 8.42 Å². The maximum atomic E-state index is 13.8. The van der Waals surface area contributed by atoms with Crippen LogP contribution in [0.15, 0.2) is 58.1 Å². The highest BCUT2D eigenvalue weighted by Gasteiger charge is 2.29. The third-order valence-corrected chi connectivity index (χ3v) is 8.44. The third-order valence-electron chi connectivity index (χ3n) is 6.03. The molecule has 1 saturated heterocycles. The van der Waals surface area contributed by atoms with E-state index >= 15 is 0 Å². The van der Waals surface area contributed by atoms with E-state index in [0.29, 0.717) is 34.1 Å². The van der Waals surface area contributed by atoms with Gasteiger partial charge in [-0.2, -0.15) is 0 Å². The van der Waals surface area contributed by atoms with Crippen LogP contribution in [0.2, 0.25) is 0 Å². The quantitative estimate of drug-likeness (QED) is 0.364. The van der Waals surface area contributed by atoms with E-state index in [0.717, 1.165) is 38.0 Å². The monoisotopic (exact) mass is 512 g/mol. The Bertz CT molecular complexity index is 1360. The van der Waals surface area contributed by atoms with Gasteiger partial charge in [0.25, 0.3) is 10.0 Å². The van der Waals surface area contributed by atoms with Gasteiger partial charge in [-0.15, -0.1) is 10.2 Å². The minimum Gasteiger partial charge on any atom is -0.303 e. The van der Waals surface area contributed by atoms with Crippen molar-refractivity contribution in [1.29, 1.82) is 0 Å². The van der Waals surface area contributed by atoms with Gasteiger partial charge in [0.15, 0.2) is 0 Å². The molecule has 2 aromatic carbocycles. The third kappa shape index (κ3) is 4.61. The first kappa shape index (κ1) is 23.0. The Morgan fingerprint density at radius 1 is 1.03 bits per heavy atom. The first-order valence-electron chi connectivity index (χ1n) is 11.1. The zero-order valence-electron chi connectivity index (χ0n) is 18.6. The highest BCUT2D eigenvalue weighted by molar-refractivity contribution is 7.92. The number of sulfonamides is 1. The fourth-order valence-electron chi connectivity index (χ4n) is 4.54. The van der Waals surface area contributed by atoms with E-state index in [1.54, 1.807) is 22.9 Å². The zero-order chi connectivity index (χ0) is 23.5. The van der Waals surface area contributed by atoms with E-state index in [2.05, 4.69) is 35.7 Å². The van der Waals surface area contributed by atoms with Gasteiger partial charge in [0.05, 0.1) is 10.6 Å². The fraction of sp³-hybridized carbons (Fsp3) is 0.304. The number of anilines is 1. The van der Waals surface area contributed by atoms with Crippen molar-refractivity contribution < 1.29 is 8.42 Å². The van der Waals surface area contributed by atoms with Crippen LogP contribution in [0.3, 0.4) is 0 Å². The Hall–Kier alpha value is -2.73. The molecule has 0 aliphatic carbocycles. The molecule has 1 aliphatic rings. The van der Waals surface area contributed by atoms with Crippen molar-refractivity contribution in [3.05, 3.63) is 58.8 Å². The van der Waals surface area contributed by atoms with Crippen LogP contribution in [0.5, 0.6) is 0 Å². The Labute approximate surface area is 207 Å². The zero-order valence-corrected chi connectivity index (χ0v) is 21.0. The summed E-state index contributed by atoms with van der Waals surface area (Å²) in [5.41, 5.74) is 3.88. The van der Waals surface area contributed by atoms with Crippen LogP contribution < -0.4 is 4.72 Å². The standard InChI is InChI=1S/C23H24N6O2S3/c1-2-11-29-12-10-16(13-29)17-6-3-4-8-19(17)26-34(30,31)22-9-5-7-18(20-14-32-27-24-20)23(22)21-15-33-28-25-21/h3-9,14-16,26H,2,10-13H2,1H3/t16-/m1/s1. The van der Waals surface area contributed by atoms with Crippen molar-refractivity contribution in [2.24, 2.45) is 0 Å². The van der Waals surface area contributed by atoms with Crippen LogP contribution in [0, 0.1) is 0 Å². The predicted octanol–water partition coefficient (Wildman–Crippen LogP) is 4.72. The van der Waals surface area contributed by atoms with Gasteiger partial charge in [-0.1, -0.05) is 46.2 Å². The topological polar surface area (TPSA) is 101 Å². The molecule has 0 bridgehead atoms. The summed E-state index contributed by atoms with van der Waals surface area (Å²) in [6.07, 6.45) is 2.13. The molecule has 176 valence electrons. The van der Waals surface area contributed by atoms with E-state index in [1.807, 2.05) is 30.3 Å². The largest absolute Gasteiger partial charge is 0.303 e. The number of hydrogen-bond donors (Lipinski definition) is 1. The number of para-hydroxylation sites is 1. The van der Waals surface area contributed by atoms with Gasteiger partial charge in [-0.3, -0.25) is 4.72 Å². The summed E-state index contributed by atoms with van der Waals surface area (Å²) in [6, 6.07) is 12.9. The van der Waals surface area contributed by atoms with Crippen LogP contribution in [0.4, 0.5) is 5.69 Å². The molecule has 0 spiro atoms. The van der Waals surface area contributed by atoms with Crippen molar-refractivity contribution >= 4 is 38.8 Å². The van der Waals surface area contributed by atoms with E-state index in [1.165, 1.54) is 23.1 Å². The number of likely N-dealkylation sites (tertiary alicyclic amines) is 1. The minimum atomic E-state index is -3.93. The molecule has 0 unspecified atom stereocenters. The molecule has 2 aromatic heterocycles. The number of nitrogens with zero attached hydrogens (tertiary/aromatic N) is 5. The smallest absolute Gasteiger partial charge is 0.262 e. The van der Waals surface area contributed by atoms with Gasteiger partial charge in [-0.05, 0) is 72.6 Å². The van der Waals surface area contributed by atoms with Crippen molar-refractivity contribution in [2.75, 3.05) is 24.4 Å². The molecule has 1 N–H and O–H groups in total. The Kier molecular flexibility index (Phi) is 6.68. The first-order chi connectivity index (χ1) is 16.6. The van der Waals surface area contributed by atoms with Gasteiger partial charge < -0.3 is 4.90 Å². The molecule has 0 amide bonds. The van der Waals surface area contributed by atoms with E-state index < -0.39 is 10.0 Å². The lowest BCUT2D eigenvalue weighted by Crippen LogP contribution is -2.21.